The molecule has 0 aromatic heterocycles. The van der Waals surface area contributed by atoms with Gasteiger partial charge in [-0.15, -0.1) is 0 Å². The van der Waals surface area contributed by atoms with Gasteiger partial charge >= 0.3 is 6.03 Å². The fourth-order valence-corrected chi connectivity index (χ4v) is 2.74. The first kappa shape index (κ1) is 19.6. The highest BCUT2D eigenvalue weighted by Crippen LogP contribution is 2.19. The Balaban J connectivity index is 1.43. The van der Waals surface area contributed by atoms with Crippen molar-refractivity contribution in [2.45, 2.75) is 45.1 Å². The predicted molar refractivity (Wildman–Crippen MR) is 110 cm³/mol. The molecule has 2 aromatic rings. The number of benzene rings is 2. The van der Waals surface area contributed by atoms with Crippen LogP contribution in [0.3, 0.4) is 0 Å². The van der Waals surface area contributed by atoms with E-state index in [-0.39, 0.29) is 30.6 Å². The third kappa shape index (κ3) is 5.94. The lowest BCUT2D eigenvalue weighted by molar-refractivity contribution is -0.116. The number of carbonyl (C=O) groups excluding carboxylic acids is 3. The quantitative estimate of drug-likeness (QED) is 0.603. The topological polar surface area (TPSA) is 87.3 Å². The lowest BCUT2D eigenvalue weighted by Gasteiger charge is -2.09. The molecule has 0 heterocycles. The van der Waals surface area contributed by atoms with E-state index in [0.717, 1.165) is 19.3 Å². The van der Waals surface area contributed by atoms with Crippen LogP contribution in [0.25, 0.3) is 0 Å². The van der Waals surface area contributed by atoms with Crippen molar-refractivity contribution < 1.29 is 14.4 Å². The van der Waals surface area contributed by atoms with Gasteiger partial charge in [-0.1, -0.05) is 31.2 Å². The van der Waals surface area contributed by atoms with Gasteiger partial charge in [-0.05, 0) is 49.1 Å². The van der Waals surface area contributed by atoms with Gasteiger partial charge in [0.2, 0.25) is 5.91 Å². The summed E-state index contributed by atoms with van der Waals surface area (Å²) in [6.07, 6.45) is 3.28. The summed E-state index contributed by atoms with van der Waals surface area (Å²) < 4.78 is 0. The number of carbonyl (C=O) groups is 3. The molecule has 3 rings (SSSR count). The van der Waals surface area contributed by atoms with Gasteiger partial charge in [0.1, 0.15) is 0 Å². The Bertz CT molecular complexity index is 840. The molecule has 0 spiro atoms. The van der Waals surface area contributed by atoms with Crippen LogP contribution < -0.4 is 16.0 Å². The summed E-state index contributed by atoms with van der Waals surface area (Å²) in [6.45, 7) is 2.06. The fourth-order valence-electron chi connectivity index (χ4n) is 2.74. The fraction of sp³-hybridized carbons (Fsp3) is 0.318. The van der Waals surface area contributed by atoms with Gasteiger partial charge in [-0.25, -0.2) is 4.79 Å². The number of hydrogen-bond donors (Lipinski definition) is 3. The van der Waals surface area contributed by atoms with Crippen molar-refractivity contribution in [3.05, 3.63) is 59.7 Å². The van der Waals surface area contributed by atoms with Crippen LogP contribution in [0.1, 0.15) is 48.5 Å². The van der Waals surface area contributed by atoms with Crippen LogP contribution in [0.4, 0.5) is 16.2 Å². The lowest BCUT2D eigenvalue weighted by Crippen LogP contribution is -2.30. The molecule has 6 nitrogen and oxygen atoms in total. The maximum absolute atomic E-state index is 12.2. The normalized spacial score (nSPS) is 12.9. The van der Waals surface area contributed by atoms with E-state index in [2.05, 4.69) is 22.9 Å². The highest BCUT2D eigenvalue weighted by Gasteiger charge is 2.23. The Morgan fingerprint density at radius 2 is 1.46 bits per heavy atom. The Morgan fingerprint density at radius 1 is 0.857 bits per heavy atom. The molecule has 1 aliphatic carbocycles. The standard InChI is InChI=1S/C22H25N3O3/c1-2-15-3-5-16(6-4-15)20(26)13-14-21(27)23-17-7-9-18(10-8-17)24-22(28)25-19-11-12-19/h3-10,19H,2,11-14H2,1H3,(H,23,27)(H2,24,25,28). The van der Waals surface area contributed by atoms with Gasteiger partial charge in [0.05, 0.1) is 0 Å². The molecule has 1 fully saturated rings. The van der Waals surface area contributed by atoms with Crippen LogP contribution in [-0.2, 0) is 11.2 Å². The number of hydrogen-bond acceptors (Lipinski definition) is 3. The van der Waals surface area contributed by atoms with Gasteiger partial charge in [0.15, 0.2) is 5.78 Å². The molecule has 0 saturated heterocycles. The second-order valence-electron chi connectivity index (χ2n) is 6.97. The molecule has 6 heteroatoms. The van der Waals surface area contributed by atoms with Crippen LogP contribution in [0.15, 0.2) is 48.5 Å². The number of nitrogens with one attached hydrogen (secondary N) is 3. The Kier molecular flexibility index (Phi) is 6.42. The molecule has 1 saturated carbocycles. The molecule has 0 radical (unpaired) electrons. The zero-order chi connectivity index (χ0) is 19.9. The Hall–Kier alpha value is -3.15. The van der Waals surface area contributed by atoms with Crippen molar-refractivity contribution in [2.75, 3.05) is 10.6 Å². The van der Waals surface area contributed by atoms with Crippen molar-refractivity contribution in [1.82, 2.24) is 5.32 Å². The average molecular weight is 379 g/mol. The molecule has 0 bridgehead atoms. The Morgan fingerprint density at radius 3 is 2.04 bits per heavy atom. The number of aryl methyl sites for hydroxylation is 1. The minimum atomic E-state index is -0.218. The van der Waals surface area contributed by atoms with Crippen LogP contribution >= 0.6 is 0 Å². The molecule has 146 valence electrons. The summed E-state index contributed by atoms with van der Waals surface area (Å²) >= 11 is 0. The molecule has 28 heavy (non-hydrogen) atoms. The highest BCUT2D eigenvalue weighted by atomic mass is 16.2. The van der Waals surface area contributed by atoms with Crippen molar-refractivity contribution in [3.63, 3.8) is 0 Å². The SMILES string of the molecule is CCc1ccc(C(=O)CCC(=O)Nc2ccc(NC(=O)NC3CC3)cc2)cc1. The second kappa shape index (κ2) is 9.17. The van der Waals surface area contributed by atoms with Gasteiger partial charge in [-0.2, -0.15) is 0 Å². The highest BCUT2D eigenvalue weighted by molar-refractivity contribution is 6.00. The number of urea groups is 1. The van der Waals surface area contributed by atoms with E-state index in [1.54, 1.807) is 24.3 Å². The molecule has 1 aliphatic rings. The molecule has 3 N–H and O–H groups in total. The van der Waals surface area contributed by atoms with Gasteiger partial charge < -0.3 is 16.0 Å². The first-order chi connectivity index (χ1) is 13.5. The summed E-state index contributed by atoms with van der Waals surface area (Å²) in [5.41, 5.74) is 3.09. The molecule has 0 atom stereocenters. The lowest BCUT2D eigenvalue weighted by atomic mass is 10.0. The third-order valence-corrected chi connectivity index (χ3v) is 4.60. The van der Waals surface area contributed by atoms with Crippen LogP contribution in [0.5, 0.6) is 0 Å². The Labute approximate surface area is 164 Å². The maximum Gasteiger partial charge on any atom is 0.319 e. The number of amides is 3. The summed E-state index contributed by atoms with van der Waals surface area (Å²) in [4.78, 5) is 36.0. The van der Waals surface area contributed by atoms with E-state index in [4.69, 9.17) is 0 Å². The third-order valence-electron chi connectivity index (χ3n) is 4.60. The summed E-state index contributed by atoms with van der Waals surface area (Å²) in [5, 5.41) is 8.37. The van der Waals surface area contributed by atoms with Gasteiger partial charge in [0.25, 0.3) is 0 Å². The average Bonchev–Trinajstić information content (AvgIpc) is 3.51. The molecular formula is C22H25N3O3. The minimum Gasteiger partial charge on any atom is -0.335 e. The number of anilines is 2. The van der Waals surface area contributed by atoms with Gasteiger partial charge in [-0.3, -0.25) is 9.59 Å². The van der Waals surface area contributed by atoms with E-state index in [0.29, 0.717) is 23.0 Å². The maximum atomic E-state index is 12.2. The number of ketones is 1. The van der Waals surface area contributed by atoms with Crippen LogP contribution in [0.2, 0.25) is 0 Å². The second-order valence-corrected chi connectivity index (χ2v) is 6.97. The zero-order valence-corrected chi connectivity index (χ0v) is 16.0. The van der Waals surface area contributed by atoms with E-state index in [1.165, 1.54) is 5.56 Å². The number of rotatable bonds is 8. The molecule has 3 amide bonds. The monoisotopic (exact) mass is 379 g/mol. The largest absolute Gasteiger partial charge is 0.335 e. The van der Waals surface area contributed by atoms with E-state index in [1.807, 2.05) is 24.3 Å². The van der Waals surface area contributed by atoms with Crippen LogP contribution in [0, 0.1) is 0 Å². The van der Waals surface area contributed by atoms with E-state index >= 15 is 0 Å². The molecule has 0 aliphatic heterocycles. The van der Waals surface area contributed by atoms with E-state index < -0.39 is 0 Å². The summed E-state index contributed by atoms with van der Waals surface area (Å²) in [6, 6.07) is 14.5. The van der Waals surface area contributed by atoms with Crippen molar-refractivity contribution in [2.24, 2.45) is 0 Å². The smallest absolute Gasteiger partial charge is 0.319 e. The summed E-state index contributed by atoms with van der Waals surface area (Å²) in [7, 11) is 0. The van der Waals surface area contributed by atoms with Gasteiger partial charge in [0, 0.05) is 35.8 Å². The number of Topliss-reactive ketones (excluding diaryl/α,β-unsaturated/α-hetero) is 1. The predicted octanol–water partition coefficient (Wildman–Crippen LogP) is 4.13. The van der Waals surface area contributed by atoms with Crippen molar-refractivity contribution >= 4 is 29.1 Å². The van der Waals surface area contributed by atoms with E-state index in [9.17, 15) is 14.4 Å². The first-order valence-corrected chi connectivity index (χ1v) is 9.63. The molecular weight excluding hydrogens is 354 g/mol. The van der Waals surface area contributed by atoms with Crippen molar-refractivity contribution in [3.8, 4) is 0 Å². The first-order valence-electron chi connectivity index (χ1n) is 9.63. The van der Waals surface area contributed by atoms with Crippen LogP contribution in [-0.4, -0.2) is 23.8 Å². The summed E-state index contributed by atoms with van der Waals surface area (Å²) in [5.74, 6) is -0.259. The minimum absolute atomic E-state index is 0.0426. The zero-order valence-electron chi connectivity index (χ0n) is 16.0. The molecule has 2 aromatic carbocycles. The van der Waals surface area contributed by atoms with Crippen molar-refractivity contribution in [1.29, 1.82) is 0 Å². The molecule has 0 unspecified atom stereocenters.